The van der Waals surface area contributed by atoms with Gasteiger partial charge in [0.1, 0.15) is 0 Å². The Kier molecular flexibility index (Phi) is 24.4. The Morgan fingerprint density at radius 3 is 1.33 bits per heavy atom. The predicted octanol–water partition coefficient (Wildman–Crippen LogP) is -0.638. The van der Waals surface area contributed by atoms with Crippen LogP contribution in [-0.4, -0.2) is 4.03 Å². The van der Waals surface area contributed by atoms with Gasteiger partial charge in [-0.1, -0.05) is 0 Å². The summed E-state index contributed by atoms with van der Waals surface area (Å²) < 4.78 is 24.4. The van der Waals surface area contributed by atoms with Crippen molar-refractivity contribution in [1.82, 2.24) is 6.15 Å². The van der Waals surface area contributed by atoms with E-state index in [9.17, 15) is 0 Å². The third-order valence-corrected chi connectivity index (χ3v) is 0. The molecular weight excluding hydrogens is 164 g/mol. The topological polar surface area (TPSA) is 89.4 Å². The first kappa shape index (κ1) is 15.9. The van der Waals surface area contributed by atoms with Crippen LogP contribution in [0.25, 0.3) is 0 Å². The second-order valence-corrected chi connectivity index (χ2v) is 0.981. The molecule has 1 radical (unpaired) electrons. The Hall–Kier alpha value is 0.689. The minimum atomic E-state index is -3.69. The van der Waals surface area contributed by atoms with Crippen LogP contribution >= 0.6 is 0 Å². The van der Waals surface area contributed by atoms with Crippen LogP contribution in [0.1, 0.15) is 0 Å². The van der Waals surface area contributed by atoms with E-state index in [2.05, 4.69) is 0 Å². The molecule has 6 heavy (non-hydrogen) atoms. The fourth-order valence-corrected chi connectivity index (χ4v) is 0. The van der Waals surface area contributed by atoms with Gasteiger partial charge in [-0.2, -0.15) is 0 Å². The minimum absolute atomic E-state index is 0. The molecule has 0 aromatic heterocycles. The Labute approximate surface area is 51.8 Å². The SMILES string of the molecule is N.[O]=[V](=[O])[OH].[V]. The Balaban J connectivity index is -0.0000000450. The van der Waals surface area contributed by atoms with Gasteiger partial charge in [-0.05, 0) is 0 Å². The standard InChI is InChI=1S/H3N.H2O.2O.2V/h1H3;1H2;;;;/q;;;;;+1/p-1. The predicted molar refractivity (Wildman–Crippen MR) is 8.61 cm³/mol. The normalized spacial score (nSPS) is 4.17. The van der Waals surface area contributed by atoms with Crippen molar-refractivity contribution in [2.45, 2.75) is 0 Å². The van der Waals surface area contributed by atoms with Crippen LogP contribution in [-0.2, 0) is 41.3 Å². The smallest absolute Gasteiger partial charge is 0 e. The van der Waals surface area contributed by atoms with Gasteiger partial charge in [-0.3, -0.25) is 0 Å². The third kappa shape index (κ3) is 134. The zero-order chi connectivity index (χ0) is 3.58. The van der Waals surface area contributed by atoms with E-state index < -0.39 is 15.4 Å². The summed E-state index contributed by atoms with van der Waals surface area (Å²) in [7, 11) is 0. The Bertz CT molecular complexity index is 57.2. The van der Waals surface area contributed by atoms with E-state index in [0.29, 0.717) is 0 Å². The van der Waals surface area contributed by atoms with Gasteiger partial charge in [0.25, 0.3) is 0 Å². The summed E-state index contributed by atoms with van der Waals surface area (Å²) in [6.45, 7) is 0. The molecule has 0 amide bonds. The van der Waals surface area contributed by atoms with Crippen molar-refractivity contribution < 1.29 is 45.3 Å². The van der Waals surface area contributed by atoms with Gasteiger partial charge in [0.05, 0.1) is 0 Å². The first-order valence-corrected chi connectivity index (χ1v) is 2.33. The van der Waals surface area contributed by atoms with Crippen LogP contribution in [0.5, 0.6) is 0 Å². The molecule has 0 atom stereocenters. The summed E-state index contributed by atoms with van der Waals surface area (Å²) in [6.07, 6.45) is 0. The maximum Gasteiger partial charge on any atom is 0 e. The zero-order valence-corrected chi connectivity index (χ0v) is 5.66. The Morgan fingerprint density at radius 2 is 1.33 bits per heavy atom. The molecule has 0 aliphatic carbocycles. The molecule has 0 rings (SSSR count). The molecule has 4 N–H and O–H groups in total. The van der Waals surface area contributed by atoms with E-state index in [0.717, 1.165) is 0 Å². The van der Waals surface area contributed by atoms with Crippen molar-refractivity contribution in [3.63, 3.8) is 0 Å². The van der Waals surface area contributed by atoms with Crippen molar-refractivity contribution in [2.75, 3.05) is 0 Å². The summed E-state index contributed by atoms with van der Waals surface area (Å²) in [6, 6.07) is 0. The average Bonchev–Trinajstić information content (AvgIpc) is 0.811. The maximum atomic E-state index is 8.67. The van der Waals surface area contributed by atoms with Gasteiger partial charge in [-0.15, -0.1) is 0 Å². The summed E-state index contributed by atoms with van der Waals surface area (Å²) >= 11 is -3.69. The quantitative estimate of drug-likeness (QED) is 0.503. The molecule has 0 heterocycles. The molecule has 0 spiro atoms. The van der Waals surface area contributed by atoms with Crippen LogP contribution in [0, 0.1) is 0 Å². The van der Waals surface area contributed by atoms with E-state index in [1.165, 1.54) is 0 Å². The molecule has 4 nitrogen and oxygen atoms in total. The molecule has 0 aromatic rings. The van der Waals surface area contributed by atoms with Crippen LogP contribution in [0.3, 0.4) is 0 Å². The van der Waals surface area contributed by atoms with E-state index in [4.69, 9.17) is 11.4 Å². The molecule has 0 bridgehead atoms. The van der Waals surface area contributed by atoms with Crippen LogP contribution in [0.2, 0.25) is 0 Å². The summed E-state index contributed by atoms with van der Waals surface area (Å²) in [5.74, 6) is 0. The van der Waals surface area contributed by atoms with Crippen molar-refractivity contribution in [1.29, 1.82) is 0 Å². The third-order valence-electron chi connectivity index (χ3n) is 0. The summed E-state index contributed by atoms with van der Waals surface area (Å²) in [5.41, 5.74) is 0. The van der Waals surface area contributed by atoms with E-state index >= 15 is 0 Å². The summed E-state index contributed by atoms with van der Waals surface area (Å²) in [4.78, 5) is 0. The number of hydrogen-bond donors (Lipinski definition) is 2. The van der Waals surface area contributed by atoms with E-state index in [1.807, 2.05) is 0 Å². The van der Waals surface area contributed by atoms with Gasteiger partial charge < -0.3 is 6.15 Å². The number of hydrogen-bond acceptors (Lipinski definition) is 3. The van der Waals surface area contributed by atoms with Crippen molar-refractivity contribution >= 4 is 0 Å². The molecule has 0 unspecified atom stereocenters. The van der Waals surface area contributed by atoms with E-state index in [-0.39, 0.29) is 24.7 Å². The van der Waals surface area contributed by atoms with Gasteiger partial charge in [-0.25, -0.2) is 0 Å². The molecule has 0 aliphatic heterocycles. The molecule has 0 saturated carbocycles. The van der Waals surface area contributed by atoms with Gasteiger partial charge in [0.15, 0.2) is 0 Å². The molecule has 6 heteroatoms. The molecule has 37 valence electrons. The van der Waals surface area contributed by atoms with Crippen molar-refractivity contribution in [2.24, 2.45) is 0 Å². The molecular formula is H4NO3V2. The largest absolute Gasteiger partial charge is 0 e. The second-order valence-electron chi connectivity index (χ2n) is 0.238. The van der Waals surface area contributed by atoms with Crippen molar-refractivity contribution in [3.05, 3.63) is 0 Å². The second kappa shape index (κ2) is 9.19. The molecule has 0 fully saturated rings. The van der Waals surface area contributed by atoms with E-state index in [1.54, 1.807) is 0 Å². The van der Waals surface area contributed by atoms with Crippen LogP contribution < -0.4 is 6.15 Å². The van der Waals surface area contributed by atoms with Crippen LogP contribution in [0.4, 0.5) is 0 Å². The first-order valence-electron chi connectivity index (χ1n) is 0.565. The average molecular weight is 168 g/mol. The Morgan fingerprint density at radius 1 is 1.33 bits per heavy atom. The summed E-state index contributed by atoms with van der Waals surface area (Å²) in [5, 5.41) is 0. The minimum Gasteiger partial charge on any atom is 0 e. The molecule has 0 aliphatic rings. The van der Waals surface area contributed by atoms with Gasteiger partial charge >= 0.3 is 26.8 Å². The molecule has 0 saturated heterocycles. The van der Waals surface area contributed by atoms with Gasteiger partial charge in [0, 0.05) is 18.6 Å². The molecule has 0 aromatic carbocycles. The first-order chi connectivity index (χ1) is 1.73. The fraction of sp³-hybridized carbons (Fsp3) is 0. The van der Waals surface area contributed by atoms with Gasteiger partial charge in [0.2, 0.25) is 0 Å². The number of rotatable bonds is 0. The van der Waals surface area contributed by atoms with Crippen LogP contribution in [0.15, 0.2) is 0 Å². The fourth-order valence-electron chi connectivity index (χ4n) is 0. The zero-order valence-electron chi connectivity index (χ0n) is 2.87. The monoisotopic (exact) mass is 168 g/mol. The maximum absolute atomic E-state index is 8.67. The van der Waals surface area contributed by atoms with Crippen molar-refractivity contribution in [3.8, 4) is 0 Å².